The van der Waals surface area contributed by atoms with Gasteiger partial charge in [0.1, 0.15) is 5.82 Å². The van der Waals surface area contributed by atoms with Gasteiger partial charge in [-0.3, -0.25) is 4.79 Å². The van der Waals surface area contributed by atoms with Crippen molar-refractivity contribution in [2.75, 3.05) is 25.9 Å². The lowest BCUT2D eigenvalue weighted by Crippen LogP contribution is -2.30. The van der Waals surface area contributed by atoms with Crippen LogP contribution in [0.3, 0.4) is 0 Å². The lowest BCUT2D eigenvalue weighted by molar-refractivity contribution is -0.120. The minimum Gasteiger partial charge on any atom is -0.355 e. The highest BCUT2D eigenvalue weighted by atomic mass is 35.5. The van der Waals surface area contributed by atoms with E-state index >= 15 is 0 Å². The van der Waals surface area contributed by atoms with E-state index in [-0.39, 0.29) is 24.1 Å². The maximum atomic E-state index is 13.2. The van der Waals surface area contributed by atoms with E-state index in [9.17, 15) is 9.18 Å². The minimum absolute atomic E-state index is 0. The normalized spacial score (nSPS) is 9.67. The number of nitrogens with one attached hydrogen (secondary N) is 2. The van der Waals surface area contributed by atoms with E-state index in [1.54, 1.807) is 18.2 Å². The van der Waals surface area contributed by atoms with Gasteiger partial charge in [0.15, 0.2) is 0 Å². The third-order valence-electron chi connectivity index (χ3n) is 2.12. The Kier molecular flexibility index (Phi) is 9.73. The molecule has 0 aliphatic rings. The first-order chi connectivity index (χ1) is 8.24. The fourth-order valence-corrected chi connectivity index (χ4v) is 2.12. The summed E-state index contributed by atoms with van der Waals surface area (Å²) < 4.78 is 13.2. The van der Waals surface area contributed by atoms with Gasteiger partial charge in [0.05, 0.1) is 0 Å². The molecule has 1 amide bonds. The molecule has 0 heterocycles. The first-order valence-corrected chi connectivity index (χ1v) is 6.51. The molecule has 0 saturated heterocycles. The van der Waals surface area contributed by atoms with Crippen molar-refractivity contribution in [1.29, 1.82) is 0 Å². The summed E-state index contributed by atoms with van der Waals surface area (Å²) in [5.74, 6) is 0.365. The van der Waals surface area contributed by atoms with Gasteiger partial charge in [-0.2, -0.15) is 0 Å². The Morgan fingerprint density at radius 2 is 2.06 bits per heavy atom. The first kappa shape index (κ1) is 17.2. The fourth-order valence-electron chi connectivity index (χ4n) is 1.23. The molecule has 0 fully saturated rings. The molecule has 3 nitrogen and oxygen atoms in total. The van der Waals surface area contributed by atoms with Crippen LogP contribution in [0.15, 0.2) is 29.2 Å². The van der Waals surface area contributed by atoms with Crippen LogP contribution < -0.4 is 10.6 Å². The van der Waals surface area contributed by atoms with Crippen LogP contribution in [0.25, 0.3) is 0 Å². The molecule has 0 saturated carbocycles. The summed E-state index contributed by atoms with van der Waals surface area (Å²) in [6, 6.07) is 6.59. The molecule has 102 valence electrons. The van der Waals surface area contributed by atoms with E-state index in [4.69, 9.17) is 0 Å². The molecule has 0 aliphatic carbocycles. The number of carbonyl (C=O) groups excluding carboxylic acids is 1. The maximum absolute atomic E-state index is 13.2. The third-order valence-corrected chi connectivity index (χ3v) is 3.17. The highest BCUT2D eigenvalue weighted by Crippen LogP contribution is 2.21. The molecule has 1 aromatic carbocycles. The van der Waals surface area contributed by atoms with E-state index < -0.39 is 0 Å². The number of amides is 1. The highest BCUT2D eigenvalue weighted by molar-refractivity contribution is 7.99. The van der Waals surface area contributed by atoms with E-state index in [2.05, 4.69) is 10.6 Å². The van der Waals surface area contributed by atoms with E-state index in [0.29, 0.717) is 23.6 Å². The van der Waals surface area contributed by atoms with Crippen molar-refractivity contribution in [3.05, 3.63) is 30.1 Å². The maximum Gasteiger partial charge on any atom is 0.220 e. The lowest BCUT2D eigenvalue weighted by Gasteiger charge is -2.05. The number of halogens is 2. The number of thioether (sulfide) groups is 1. The van der Waals surface area contributed by atoms with Crippen molar-refractivity contribution in [1.82, 2.24) is 10.6 Å². The van der Waals surface area contributed by atoms with Gasteiger partial charge in [-0.05, 0) is 19.2 Å². The molecule has 0 bridgehead atoms. The van der Waals surface area contributed by atoms with Gasteiger partial charge >= 0.3 is 0 Å². The summed E-state index contributed by atoms with van der Waals surface area (Å²) in [7, 11) is 1.83. The zero-order valence-electron chi connectivity index (χ0n) is 10.2. The molecule has 1 rings (SSSR count). The van der Waals surface area contributed by atoms with Gasteiger partial charge in [-0.15, -0.1) is 24.2 Å². The summed E-state index contributed by atoms with van der Waals surface area (Å²) in [5, 5.41) is 5.72. The van der Waals surface area contributed by atoms with Crippen molar-refractivity contribution in [2.24, 2.45) is 0 Å². The topological polar surface area (TPSA) is 41.1 Å². The standard InChI is InChI=1S/C12H17FN2OS.ClH/c1-14-7-8-15-12(16)6-9-17-11-5-3-2-4-10(11)13;/h2-5,14H,6-9H2,1H3,(H,15,16);1H. The predicted octanol–water partition coefficient (Wildman–Crippen LogP) is 2.07. The largest absolute Gasteiger partial charge is 0.355 e. The Morgan fingerprint density at radius 1 is 1.33 bits per heavy atom. The summed E-state index contributed by atoms with van der Waals surface area (Å²) in [5.41, 5.74) is 0. The fraction of sp³-hybridized carbons (Fsp3) is 0.417. The van der Waals surface area contributed by atoms with Crippen LogP contribution in [-0.4, -0.2) is 31.8 Å². The van der Waals surface area contributed by atoms with E-state index in [1.807, 2.05) is 7.05 Å². The molecule has 1 aromatic rings. The minimum atomic E-state index is -0.229. The molecular weight excluding hydrogens is 275 g/mol. The Hall–Kier alpha value is -0.780. The van der Waals surface area contributed by atoms with Crippen LogP contribution >= 0.6 is 24.2 Å². The summed E-state index contributed by atoms with van der Waals surface area (Å²) in [4.78, 5) is 11.9. The SMILES string of the molecule is CNCCNC(=O)CCSc1ccccc1F.Cl. The molecule has 0 aliphatic heterocycles. The van der Waals surface area contributed by atoms with Gasteiger partial charge in [0, 0.05) is 30.2 Å². The second-order valence-electron chi connectivity index (χ2n) is 3.48. The molecule has 18 heavy (non-hydrogen) atoms. The summed E-state index contributed by atoms with van der Waals surface area (Å²) >= 11 is 1.36. The monoisotopic (exact) mass is 292 g/mol. The van der Waals surface area contributed by atoms with Crippen molar-refractivity contribution in [3.63, 3.8) is 0 Å². The Labute approximate surface area is 117 Å². The van der Waals surface area contributed by atoms with Gasteiger partial charge in [-0.25, -0.2) is 4.39 Å². The number of carbonyl (C=O) groups is 1. The van der Waals surface area contributed by atoms with Crippen LogP contribution in [0.4, 0.5) is 4.39 Å². The van der Waals surface area contributed by atoms with Crippen LogP contribution in [0, 0.1) is 5.82 Å². The van der Waals surface area contributed by atoms with Crippen LogP contribution in [-0.2, 0) is 4.79 Å². The van der Waals surface area contributed by atoms with Crippen molar-refractivity contribution < 1.29 is 9.18 Å². The Bertz CT molecular complexity index is 366. The van der Waals surface area contributed by atoms with Crippen molar-refractivity contribution in [2.45, 2.75) is 11.3 Å². The lowest BCUT2D eigenvalue weighted by atomic mass is 10.3. The molecule has 2 N–H and O–H groups in total. The number of likely N-dealkylation sites (N-methyl/N-ethyl adjacent to an activating group) is 1. The molecule has 0 radical (unpaired) electrons. The smallest absolute Gasteiger partial charge is 0.220 e. The van der Waals surface area contributed by atoms with E-state index in [0.717, 1.165) is 6.54 Å². The summed E-state index contributed by atoms with van der Waals surface area (Å²) in [6.45, 7) is 1.38. The first-order valence-electron chi connectivity index (χ1n) is 5.52. The van der Waals surface area contributed by atoms with E-state index in [1.165, 1.54) is 17.8 Å². The molecular formula is C12H18ClFN2OS. The number of benzene rings is 1. The average Bonchev–Trinajstić information content (AvgIpc) is 2.32. The van der Waals surface area contributed by atoms with Crippen LogP contribution in [0.5, 0.6) is 0 Å². The third kappa shape index (κ3) is 6.83. The Balaban J connectivity index is 0.00000289. The summed E-state index contributed by atoms with van der Waals surface area (Å²) in [6.07, 6.45) is 0.405. The molecule has 0 atom stereocenters. The van der Waals surface area contributed by atoms with Crippen LogP contribution in [0.1, 0.15) is 6.42 Å². The zero-order chi connectivity index (χ0) is 12.5. The quantitative estimate of drug-likeness (QED) is 0.597. The van der Waals surface area contributed by atoms with Gasteiger partial charge < -0.3 is 10.6 Å². The van der Waals surface area contributed by atoms with Gasteiger partial charge in [-0.1, -0.05) is 12.1 Å². The number of hydrogen-bond acceptors (Lipinski definition) is 3. The number of hydrogen-bond donors (Lipinski definition) is 2. The van der Waals surface area contributed by atoms with Crippen LogP contribution in [0.2, 0.25) is 0 Å². The number of rotatable bonds is 7. The second-order valence-corrected chi connectivity index (χ2v) is 4.62. The predicted molar refractivity (Wildman–Crippen MR) is 75.9 cm³/mol. The molecule has 0 aromatic heterocycles. The Morgan fingerprint density at radius 3 is 2.72 bits per heavy atom. The van der Waals surface area contributed by atoms with Crippen molar-refractivity contribution in [3.8, 4) is 0 Å². The zero-order valence-corrected chi connectivity index (χ0v) is 11.9. The van der Waals surface area contributed by atoms with Gasteiger partial charge in [0.25, 0.3) is 0 Å². The molecule has 0 spiro atoms. The second kappa shape index (κ2) is 10.2. The average molecular weight is 293 g/mol. The van der Waals surface area contributed by atoms with Crippen molar-refractivity contribution >= 4 is 30.1 Å². The highest BCUT2D eigenvalue weighted by Gasteiger charge is 2.04. The molecule has 0 unspecified atom stereocenters. The molecule has 6 heteroatoms. The van der Waals surface area contributed by atoms with Gasteiger partial charge in [0.2, 0.25) is 5.91 Å².